The smallest absolute Gasteiger partial charge is 0.131 e. The SMILES string of the molecule is Nc1ncc(-c2ccccc2)c2cc(CN3CCC(N)CC3)c(Cl)cc12. The Hall–Kier alpha value is -2.14. The lowest BCUT2D eigenvalue weighted by atomic mass is 9.98. The zero-order chi connectivity index (χ0) is 18.1. The van der Waals surface area contributed by atoms with Gasteiger partial charge in [0.25, 0.3) is 0 Å². The number of benzene rings is 2. The fourth-order valence-electron chi connectivity index (χ4n) is 3.65. The van der Waals surface area contributed by atoms with Gasteiger partial charge in [0, 0.05) is 34.8 Å². The number of piperidine rings is 1. The lowest BCUT2D eigenvalue weighted by Gasteiger charge is -2.30. The van der Waals surface area contributed by atoms with Crippen molar-refractivity contribution in [3.63, 3.8) is 0 Å². The van der Waals surface area contributed by atoms with E-state index in [0.717, 1.165) is 65.0 Å². The van der Waals surface area contributed by atoms with E-state index >= 15 is 0 Å². The van der Waals surface area contributed by atoms with Crippen LogP contribution in [0.5, 0.6) is 0 Å². The summed E-state index contributed by atoms with van der Waals surface area (Å²) in [6.07, 6.45) is 3.93. The quantitative estimate of drug-likeness (QED) is 0.733. The predicted molar refractivity (Wildman–Crippen MR) is 109 cm³/mol. The molecule has 0 bridgehead atoms. The number of anilines is 1. The molecule has 2 heterocycles. The Balaban J connectivity index is 1.76. The summed E-state index contributed by atoms with van der Waals surface area (Å²) in [5.41, 5.74) is 15.5. The predicted octanol–water partition coefficient (Wildman–Crippen LogP) is 4.06. The highest BCUT2D eigenvalue weighted by atomic mass is 35.5. The summed E-state index contributed by atoms with van der Waals surface area (Å²) >= 11 is 6.59. The number of hydrogen-bond donors (Lipinski definition) is 2. The molecule has 0 saturated carbocycles. The Morgan fingerprint density at radius 1 is 1.08 bits per heavy atom. The number of fused-ring (bicyclic) bond motifs is 1. The van der Waals surface area contributed by atoms with Crippen molar-refractivity contribution >= 4 is 28.2 Å². The van der Waals surface area contributed by atoms with Crippen LogP contribution < -0.4 is 11.5 Å². The zero-order valence-corrected chi connectivity index (χ0v) is 15.4. The third-order valence-electron chi connectivity index (χ3n) is 5.20. The van der Waals surface area contributed by atoms with E-state index in [1.807, 2.05) is 30.5 Å². The van der Waals surface area contributed by atoms with Crippen molar-refractivity contribution in [2.45, 2.75) is 25.4 Å². The number of hydrogen-bond acceptors (Lipinski definition) is 4. The number of nitrogen functional groups attached to an aromatic ring is 1. The van der Waals surface area contributed by atoms with Gasteiger partial charge in [-0.15, -0.1) is 0 Å². The summed E-state index contributed by atoms with van der Waals surface area (Å²) in [6, 6.07) is 14.7. The molecule has 1 aromatic heterocycles. The normalized spacial score (nSPS) is 16.2. The zero-order valence-electron chi connectivity index (χ0n) is 14.7. The molecule has 0 amide bonds. The van der Waals surface area contributed by atoms with Gasteiger partial charge in [-0.1, -0.05) is 41.9 Å². The van der Waals surface area contributed by atoms with Crippen LogP contribution in [0.15, 0.2) is 48.7 Å². The summed E-state index contributed by atoms with van der Waals surface area (Å²) < 4.78 is 0. The molecule has 4 nitrogen and oxygen atoms in total. The molecule has 0 radical (unpaired) electrons. The highest BCUT2D eigenvalue weighted by Crippen LogP contribution is 2.34. The number of nitrogens with two attached hydrogens (primary N) is 2. The van der Waals surface area contributed by atoms with Gasteiger partial charge in [-0.2, -0.15) is 0 Å². The second-order valence-electron chi connectivity index (χ2n) is 7.03. The summed E-state index contributed by atoms with van der Waals surface area (Å²) in [5.74, 6) is 0.511. The lowest BCUT2D eigenvalue weighted by Crippen LogP contribution is -2.39. The van der Waals surface area contributed by atoms with Crippen molar-refractivity contribution in [1.29, 1.82) is 0 Å². The first-order valence-electron chi connectivity index (χ1n) is 9.02. The van der Waals surface area contributed by atoms with Gasteiger partial charge in [0.05, 0.1) is 0 Å². The van der Waals surface area contributed by atoms with E-state index in [1.54, 1.807) is 0 Å². The van der Waals surface area contributed by atoms with Crippen molar-refractivity contribution in [1.82, 2.24) is 9.88 Å². The molecule has 4 N–H and O–H groups in total. The summed E-state index contributed by atoms with van der Waals surface area (Å²) in [5, 5.41) is 2.74. The minimum Gasteiger partial charge on any atom is -0.383 e. The number of rotatable bonds is 3. The van der Waals surface area contributed by atoms with Crippen LogP contribution in [-0.4, -0.2) is 29.0 Å². The van der Waals surface area contributed by atoms with Crippen LogP contribution in [0.4, 0.5) is 5.82 Å². The van der Waals surface area contributed by atoms with Gasteiger partial charge in [-0.3, -0.25) is 4.90 Å². The van der Waals surface area contributed by atoms with Crippen LogP contribution in [0.25, 0.3) is 21.9 Å². The molecular formula is C21H23ClN4. The maximum atomic E-state index is 6.59. The van der Waals surface area contributed by atoms with Gasteiger partial charge in [-0.05, 0) is 54.6 Å². The molecule has 0 unspecified atom stereocenters. The standard InChI is InChI=1S/C21H23ClN4/c22-20-11-18-17(10-15(20)13-26-8-6-16(23)7-9-26)19(12-25-21(18)24)14-4-2-1-3-5-14/h1-5,10-12,16H,6-9,13,23H2,(H2,24,25). The molecule has 2 aromatic carbocycles. The molecule has 3 aromatic rings. The van der Waals surface area contributed by atoms with E-state index in [0.29, 0.717) is 11.9 Å². The van der Waals surface area contributed by atoms with Crippen molar-refractivity contribution in [3.8, 4) is 11.1 Å². The molecule has 1 aliphatic heterocycles. The molecule has 0 spiro atoms. The van der Waals surface area contributed by atoms with E-state index in [4.69, 9.17) is 23.1 Å². The van der Waals surface area contributed by atoms with Crippen molar-refractivity contribution in [2.24, 2.45) is 5.73 Å². The molecule has 26 heavy (non-hydrogen) atoms. The highest BCUT2D eigenvalue weighted by molar-refractivity contribution is 6.32. The van der Waals surface area contributed by atoms with Crippen LogP contribution in [0.2, 0.25) is 5.02 Å². The second-order valence-corrected chi connectivity index (χ2v) is 7.43. The molecular weight excluding hydrogens is 344 g/mol. The van der Waals surface area contributed by atoms with E-state index < -0.39 is 0 Å². The van der Waals surface area contributed by atoms with E-state index in [2.05, 4.69) is 28.1 Å². The fraction of sp³-hybridized carbons (Fsp3) is 0.286. The van der Waals surface area contributed by atoms with Crippen LogP contribution in [-0.2, 0) is 6.54 Å². The van der Waals surface area contributed by atoms with Crippen molar-refractivity contribution in [2.75, 3.05) is 18.8 Å². The average molecular weight is 367 g/mol. The van der Waals surface area contributed by atoms with Gasteiger partial charge < -0.3 is 11.5 Å². The van der Waals surface area contributed by atoms with Crippen LogP contribution in [0.3, 0.4) is 0 Å². The topological polar surface area (TPSA) is 68.2 Å². The number of halogens is 1. The van der Waals surface area contributed by atoms with Gasteiger partial charge >= 0.3 is 0 Å². The van der Waals surface area contributed by atoms with Crippen LogP contribution >= 0.6 is 11.6 Å². The van der Waals surface area contributed by atoms with E-state index in [-0.39, 0.29) is 0 Å². The Bertz CT molecular complexity index is 918. The van der Waals surface area contributed by atoms with E-state index in [1.165, 1.54) is 0 Å². The summed E-state index contributed by atoms with van der Waals surface area (Å²) in [7, 11) is 0. The third-order valence-corrected chi connectivity index (χ3v) is 5.55. The lowest BCUT2D eigenvalue weighted by molar-refractivity contribution is 0.206. The minimum atomic E-state index is 0.328. The Morgan fingerprint density at radius 2 is 1.81 bits per heavy atom. The second kappa shape index (κ2) is 7.23. The fourth-order valence-corrected chi connectivity index (χ4v) is 3.87. The minimum absolute atomic E-state index is 0.328. The Morgan fingerprint density at radius 3 is 2.54 bits per heavy atom. The first-order valence-corrected chi connectivity index (χ1v) is 9.39. The molecule has 1 aliphatic rings. The number of aromatic nitrogens is 1. The first kappa shape index (κ1) is 17.3. The molecule has 1 fully saturated rings. The molecule has 5 heteroatoms. The molecule has 0 atom stereocenters. The molecule has 4 rings (SSSR count). The number of pyridine rings is 1. The van der Waals surface area contributed by atoms with E-state index in [9.17, 15) is 0 Å². The highest BCUT2D eigenvalue weighted by Gasteiger charge is 2.18. The van der Waals surface area contributed by atoms with Crippen molar-refractivity contribution < 1.29 is 0 Å². The van der Waals surface area contributed by atoms with Crippen LogP contribution in [0, 0.1) is 0 Å². The molecule has 134 valence electrons. The number of nitrogens with zero attached hydrogens (tertiary/aromatic N) is 2. The monoisotopic (exact) mass is 366 g/mol. The largest absolute Gasteiger partial charge is 0.383 e. The third kappa shape index (κ3) is 3.40. The molecule has 1 saturated heterocycles. The maximum absolute atomic E-state index is 6.59. The Kier molecular flexibility index (Phi) is 4.81. The summed E-state index contributed by atoms with van der Waals surface area (Å²) in [6.45, 7) is 2.86. The van der Waals surface area contributed by atoms with Gasteiger partial charge in [0.15, 0.2) is 0 Å². The van der Waals surface area contributed by atoms with Gasteiger partial charge in [-0.25, -0.2) is 4.98 Å². The molecule has 0 aliphatic carbocycles. The average Bonchev–Trinajstić information content (AvgIpc) is 2.66. The number of likely N-dealkylation sites (tertiary alicyclic amines) is 1. The first-order chi connectivity index (χ1) is 12.6. The van der Waals surface area contributed by atoms with Crippen molar-refractivity contribution in [3.05, 3.63) is 59.2 Å². The van der Waals surface area contributed by atoms with Crippen LogP contribution in [0.1, 0.15) is 18.4 Å². The Labute approximate surface area is 158 Å². The maximum Gasteiger partial charge on any atom is 0.131 e. The van der Waals surface area contributed by atoms with Gasteiger partial charge in [0.2, 0.25) is 0 Å². The van der Waals surface area contributed by atoms with Gasteiger partial charge in [0.1, 0.15) is 5.82 Å². The summed E-state index contributed by atoms with van der Waals surface area (Å²) in [4.78, 5) is 6.79.